The van der Waals surface area contributed by atoms with E-state index >= 15 is 0 Å². The largest absolute Gasteiger partial charge is 0.310 e. The molecule has 0 aliphatic carbocycles. The second kappa shape index (κ2) is 7.30. The summed E-state index contributed by atoms with van der Waals surface area (Å²) >= 11 is 14.0. The van der Waals surface area contributed by atoms with Crippen LogP contribution in [0.5, 0.6) is 0 Å². The Morgan fingerprint density at radius 1 is 1.26 bits per heavy atom. The maximum absolute atomic E-state index is 6.30. The lowest BCUT2D eigenvalue weighted by Gasteiger charge is -2.19. The molecule has 4 heteroatoms. The Kier molecular flexibility index (Phi) is 5.71. The van der Waals surface area contributed by atoms with Crippen molar-refractivity contribution in [1.29, 1.82) is 0 Å². The summed E-state index contributed by atoms with van der Waals surface area (Å²) in [5, 5.41) is 9.24. The van der Waals surface area contributed by atoms with Crippen molar-refractivity contribution < 1.29 is 0 Å². The summed E-state index contributed by atoms with van der Waals surface area (Å²) in [6.07, 6.45) is 2.09. The van der Waals surface area contributed by atoms with Crippen molar-refractivity contribution in [3.05, 3.63) is 56.2 Å². The molecule has 1 atom stereocenters. The number of hydrogen-bond donors (Lipinski definition) is 1. The van der Waals surface area contributed by atoms with Gasteiger partial charge in [0.15, 0.2) is 0 Å². The highest BCUT2D eigenvalue weighted by atomic mass is 35.5. The van der Waals surface area contributed by atoms with E-state index in [2.05, 4.69) is 29.1 Å². The van der Waals surface area contributed by atoms with Crippen LogP contribution >= 0.6 is 34.5 Å². The van der Waals surface area contributed by atoms with Gasteiger partial charge in [0.25, 0.3) is 0 Å². The molecule has 0 fully saturated rings. The number of halogens is 2. The van der Waals surface area contributed by atoms with Gasteiger partial charge in [0, 0.05) is 16.1 Å². The van der Waals surface area contributed by atoms with Gasteiger partial charge in [-0.3, -0.25) is 0 Å². The van der Waals surface area contributed by atoms with Gasteiger partial charge in [-0.2, -0.15) is 11.3 Å². The molecule has 0 aliphatic rings. The zero-order valence-electron chi connectivity index (χ0n) is 10.8. The molecule has 0 aliphatic heterocycles. The minimum absolute atomic E-state index is 0.273. The van der Waals surface area contributed by atoms with E-state index in [-0.39, 0.29) is 6.04 Å². The summed E-state index contributed by atoms with van der Waals surface area (Å²) in [6, 6.07) is 8.18. The number of thiophene rings is 1. The zero-order valence-corrected chi connectivity index (χ0v) is 13.2. The molecule has 0 saturated carbocycles. The lowest BCUT2D eigenvalue weighted by atomic mass is 10.00. The van der Waals surface area contributed by atoms with Gasteiger partial charge in [-0.1, -0.05) is 36.2 Å². The fourth-order valence-electron chi connectivity index (χ4n) is 2.14. The number of aryl methyl sites for hydroxylation is 1. The maximum Gasteiger partial charge on any atom is 0.0468 e. The van der Waals surface area contributed by atoms with Gasteiger partial charge in [-0.25, -0.2) is 0 Å². The van der Waals surface area contributed by atoms with Crippen LogP contribution in [0.15, 0.2) is 35.0 Å². The first-order chi connectivity index (χ1) is 9.20. The summed E-state index contributed by atoms with van der Waals surface area (Å²) < 4.78 is 0. The Morgan fingerprint density at radius 3 is 2.74 bits per heavy atom. The van der Waals surface area contributed by atoms with Crippen LogP contribution in [-0.4, -0.2) is 6.54 Å². The van der Waals surface area contributed by atoms with Crippen LogP contribution in [0.4, 0.5) is 0 Å². The van der Waals surface area contributed by atoms with Crippen LogP contribution in [0, 0.1) is 0 Å². The van der Waals surface area contributed by atoms with Gasteiger partial charge in [-0.05, 0) is 59.5 Å². The third-order valence-corrected chi connectivity index (χ3v) is 4.38. The lowest BCUT2D eigenvalue weighted by molar-refractivity contribution is 0.516. The molecule has 0 amide bonds. The molecular weight excluding hydrogens is 297 g/mol. The first-order valence-corrected chi connectivity index (χ1v) is 8.10. The number of rotatable bonds is 6. The molecule has 2 aromatic rings. The Labute approximate surface area is 128 Å². The smallest absolute Gasteiger partial charge is 0.0468 e. The molecule has 0 radical (unpaired) electrons. The van der Waals surface area contributed by atoms with E-state index in [0.717, 1.165) is 30.0 Å². The predicted molar refractivity (Wildman–Crippen MR) is 85.5 cm³/mol. The fourth-order valence-corrected chi connectivity index (χ4v) is 3.39. The number of nitrogens with one attached hydrogen (secondary N) is 1. The SMILES string of the molecule is CCNC(CCc1ccsc1)c1ccc(Cl)cc1Cl. The van der Waals surface area contributed by atoms with Crippen LogP contribution in [0.2, 0.25) is 10.0 Å². The first-order valence-electron chi connectivity index (χ1n) is 6.40. The van der Waals surface area contributed by atoms with Gasteiger partial charge in [0.1, 0.15) is 0 Å². The second-order valence-electron chi connectivity index (χ2n) is 4.45. The Hall–Kier alpha value is -0.540. The quantitative estimate of drug-likeness (QED) is 0.759. The van der Waals surface area contributed by atoms with Gasteiger partial charge in [-0.15, -0.1) is 0 Å². The Balaban J connectivity index is 2.10. The van der Waals surface area contributed by atoms with Gasteiger partial charge in [0.2, 0.25) is 0 Å². The van der Waals surface area contributed by atoms with Crippen LogP contribution in [0.25, 0.3) is 0 Å². The fraction of sp³-hybridized carbons (Fsp3) is 0.333. The zero-order chi connectivity index (χ0) is 13.7. The van der Waals surface area contributed by atoms with Crippen LogP contribution in [-0.2, 0) is 6.42 Å². The van der Waals surface area contributed by atoms with Gasteiger partial charge >= 0.3 is 0 Å². The summed E-state index contributed by atoms with van der Waals surface area (Å²) in [4.78, 5) is 0. The standard InChI is InChI=1S/C15H17Cl2NS/c1-2-18-15(6-3-11-7-8-19-10-11)13-5-4-12(16)9-14(13)17/h4-5,7-10,15,18H,2-3,6H2,1H3. The Morgan fingerprint density at radius 2 is 2.11 bits per heavy atom. The molecule has 2 rings (SSSR count). The second-order valence-corrected chi connectivity index (χ2v) is 6.07. The summed E-state index contributed by atoms with van der Waals surface area (Å²) in [6.45, 7) is 3.04. The monoisotopic (exact) mass is 313 g/mol. The molecule has 0 bridgehead atoms. The predicted octanol–water partition coefficient (Wildman–Crippen LogP) is 5.34. The van der Waals surface area contributed by atoms with E-state index in [4.69, 9.17) is 23.2 Å². The van der Waals surface area contributed by atoms with Crippen molar-refractivity contribution in [3.8, 4) is 0 Å². The molecule has 19 heavy (non-hydrogen) atoms. The number of benzene rings is 1. The summed E-state index contributed by atoms with van der Waals surface area (Å²) in [5.74, 6) is 0. The third-order valence-electron chi connectivity index (χ3n) is 3.09. The van der Waals surface area contributed by atoms with Crippen LogP contribution < -0.4 is 5.32 Å². The van der Waals surface area contributed by atoms with Crippen molar-refractivity contribution in [2.45, 2.75) is 25.8 Å². The highest BCUT2D eigenvalue weighted by Gasteiger charge is 2.14. The minimum Gasteiger partial charge on any atom is -0.310 e. The number of hydrogen-bond acceptors (Lipinski definition) is 2. The lowest BCUT2D eigenvalue weighted by Crippen LogP contribution is -2.21. The minimum atomic E-state index is 0.273. The molecule has 102 valence electrons. The third kappa shape index (κ3) is 4.22. The van der Waals surface area contributed by atoms with Crippen molar-refractivity contribution in [1.82, 2.24) is 5.32 Å². The highest BCUT2D eigenvalue weighted by molar-refractivity contribution is 7.07. The topological polar surface area (TPSA) is 12.0 Å². The molecule has 1 unspecified atom stereocenters. The van der Waals surface area contributed by atoms with E-state index in [1.807, 2.05) is 18.2 Å². The molecular formula is C15H17Cl2NS. The van der Waals surface area contributed by atoms with Crippen molar-refractivity contribution >= 4 is 34.5 Å². The van der Waals surface area contributed by atoms with E-state index in [1.54, 1.807) is 11.3 Å². The molecule has 1 nitrogen and oxygen atoms in total. The first kappa shape index (κ1) is 14.9. The normalized spacial score (nSPS) is 12.6. The van der Waals surface area contributed by atoms with E-state index in [1.165, 1.54) is 5.56 Å². The molecule has 1 aromatic carbocycles. The average molecular weight is 314 g/mol. The molecule has 1 N–H and O–H groups in total. The van der Waals surface area contributed by atoms with Gasteiger partial charge in [0.05, 0.1) is 0 Å². The van der Waals surface area contributed by atoms with Crippen LogP contribution in [0.3, 0.4) is 0 Å². The van der Waals surface area contributed by atoms with E-state index in [9.17, 15) is 0 Å². The molecule has 0 spiro atoms. The van der Waals surface area contributed by atoms with Gasteiger partial charge < -0.3 is 5.32 Å². The van der Waals surface area contributed by atoms with Crippen molar-refractivity contribution in [2.75, 3.05) is 6.54 Å². The molecule has 1 heterocycles. The molecule has 0 saturated heterocycles. The van der Waals surface area contributed by atoms with Crippen molar-refractivity contribution in [3.63, 3.8) is 0 Å². The van der Waals surface area contributed by atoms with Crippen LogP contribution in [0.1, 0.15) is 30.5 Å². The summed E-state index contributed by atoms with van der Waals surface area (Å²) in [5.41, 5.74) is 2.51. The maximum atomic E-state index is 6.30. The average Bonchev–Trinajstić information content (AvgIpc) is 2.88. The highest BCUT2D eigenvalue weighted by Crippen LogP contribution is 2.29. The Bertz CT molecular complexity index is 511. The summed E-state index contributed by atoms with van der Waals surface area (Å²) in [7, 11) is 0. The molecule has 1 aromatic heterocycles. The van der Waals surface area contributed by atoms with E-state index < -0.39 is 0 Å². The van der Waals surface area contributed by atoms with E-state index in [0.29, 0.717) is 5.02 Å². The van der Waals surface area contributed by atoms with Crippen molar-refractivity contribution in [2.24, 2.45) is 0 Å².